The quantitative estimate of drug-likeness (QED) is 0.672. The van der Waals surface area contributed by atoms with E-state index in [2.05, 4.69) is 5.32 Å². The molecule has 2 aromatic rings. The molecule has 2 atom stereocenters. The van der Waals surface area contributed by atoms with Crippen LogP contribution in [0.25, 0.3) is 0 Å². The zero-order valence-electron chi connectivity index (χ0n) is 18.2. The second kappa shape index (κ2) is 9.89. The normalized spacial score (nSPS) is 17.9. The minimum atomic E-state index is -0.977. The molecule has 33 heavy (non-hydrogen) atoms. The summed E-state index contributed by atoms with van der Waals surface area (Å²) >= 11 is 0. The summed E-state index contributed by atoms with van der Waals surface area (Å²) in [4.78, 5) is 39.3. The highest BCUT2D eigenvalue weighted by Gasteiger charge is 2.31. The third-order valence-electron chi connectivity index (χ3n) is 5.70. The van der Waals surface area contributed by atoms with Crippen molar-refractivity contribution in [2.75, 3.05) is 19.9 Å². The Balaban J connectivity index is 1.27. The number of fused-ring (bicyclic) bond motifs is 1. The van der Waals surface area contributed by atoms with Crippen LogP contribution in [0, 0.1) is 11.7 Å². The number of carbonyl (C=O) groups excluding carboxylic acids is 3. The Morgan fingerprint density at radius 2 is 1.91 bits per heavy atom. The van der Waals surface area contributed by atoms with Crippen molar-refractivity contribution >= 4 is 17.8 Å². The van der Waals surface area contributed by atoms with E-state index in [-0.39, 0.29) is 25.8 Å². The van der Waals surface area contributed by atoms with E-state index in [1.165, 1.54) is 31.2 Å². The summed E-state index contributed by atoms with van der Waals surface area (Å²) in [5, 5.41) is 2.74. The smallest absolute Gasteiger partial charge is 0.311 e. The second-order valence-electron chi connectivity index (χ2n) is 8.08. The monoisotopic (exact) mass is 456 g/mol. The Morgan fingerprint density at radius 3 is 2.70 bits per heavy atom. The molecule has 0 radical (unpaired) electrons. The van der Waals surface area contributed by atoms with Gasteiger partial charge in [-0.1, -0.05) is 6.07 Å². The Bertz CT molecular complexity index is 1040. The molecule has 2 aliphatic heterocycles. The van der Waals surface area contributed by atoms with E-state index < -0.39 is 29.7 Å². The molecule has 2 aliphatic rings. The van der Waals surface area contributed by atoms with Crippen LogP contribution in [-0.4, -0.2) is 48.7 Å². The molecule has 1 N–H and O–H groups in total. The highest BCUT2D eigenvalue weighted by molar-refractivity contribution is 5.94. The molecule has 0 aromatic heterocycles. The Kier molecular flexibility index (Phi) is 6.76. The van der Waals surface area contributed by atoms with Crippen molar-refractivity contribution in [2.24, 2.45) is 5.92 Å². The fourth-order valence-corrected chi connectivity index (χ4v) is 3.84. The van der Waals surface area contributed by atoms with Gasteiger partial charge in [0.15, 0.2) is 17.6 Å². The van der Waals surface area contributed by atoms with Crippen molar-refractivity contribution in [1.82, 2.24) is 10.2 Å². The lowest BCUT2D eigenvalue weighted by molar-refractivity contribution is -0.160. The Morgan fingerprint density at radius 1 is 1.15 bits per heavy atom. The van der Waals surface area contributed by atoms with Crippen molar-refractivity contribution in [2.45, 2.75) is 32.4 Å². The lowest BCUT2D eigenvalue weighted by Gasteiger charge is -2.32. The van der Waals surface area contributed by atoms with Crippen LogP contribution in [0.5, 0.6) is 11.5 Å². The summed E-state index contributed by atoms with van der Waals surface area (Å²) in [6.07, 6.45) is 0.226. The molecule has 1 fully saturated rings. The molecule has 2 amide bonds. The van der Waals surface area contributed by atoms with E-state index >= 15 is 0 Å². The van der Waals surface area contributed by atoms with Crippen LogP contribution < -0.4 is 14.8 Å². The molecule has 4 rings (SSSR count). The van der Waals surface area contributed by atoms with E-state index in [1.54, 1.807) is 17.0 Å². The summed E-state index contributed by atoms with van der Waals surface area (Å²) in [5.41, 5.74) is 1.19. The van der Waals surface area contributed by atoms with Gasteiger partial charge < -0.3 is 24.4 Å². The number of nitrogens with one attached hydrogen (secondary N) is 1. The molecule has 2 aromatic carbocycles. The van der Waals surface area contributed by atoms with Crippen LogP contribution >= 0.6 is 0 Å². The molecule has 9 heteroatoms. The molecule has 1 saturated heterocycles. The van der Waals surface area contributed by atoms with E-state index in [9.17, 15) is 18.8 Å². The summed E-state index contributed by atoms with van der Waals surface area (Å²) in [6, 6.07) is 10.7. The van der Waals surface area contributed by atoms with Crippen LogP contribution in [0.3, 0.4) is 0 Å². The fraction of sp³-hybridized carbons (Fsp3) is 0.375. The molecule has 0 saturated carbocycles. The lowest BCUT2D eigenvalue weighted by Crippen LogP contribution is -2.44. The van der Waals surface area contributed by atoms with Gasteiger partial charge >= 0.3 is 5.97 Å². The largest absolute Gasteiger partial charge is 0.454 e. The zero-order chi connectivity index (χ0) is 23.4. The first kappa shape index (κ1) is 22.6. The highest BCUT2D eigenvalue weighted by Crippen LogP contribution is 2.32. The first-order chi connectivity index (χ1) is 15.9. The number of likely N-dealkylation sites (tertiary alicyclic amines) is 1. The number of nitrogens with zero attached hydrogens (tertiary/aromatic N) is 1. The molecule has 8 nitrogen and oxygen atoms in total. The SMILES string of the molecule is CC(OC(=O)C1CCCN(C(=O)c2ccc(F)cc2)C1)C(=O)NCc1ccc2c(c1)OCO2. The van der Waals surface area contributed by atoms with E-state index in [4.69, 9.17) is 14.2 Å². The number of carbonyl (C=O) groups is 3. The molecular weight excluding hydrogens is 431 g/mol. The maximum absolute atomic E-state index is 13.1. The van der Waals surface area contributed by atoms with Crippen molar-refractivity contribution in [3.05, 3.63) is 59.4 Å². The standard InChI is InChI=1S/C24H25FN2O6/c1-15(22(28)26-12-16-4-9-20-21(11-16)32-14-31-20)33-24(30)18-3-2-10-27(13-18)23(29)17-5-7-19(25)8-6-17/h4-9,11,15,18H,2-3,10,12-14H2,1H3,(H,26,28). The molecule has 0 bridgehead atoms. The molecule has 174 valence electrons. The molecule has 2 heterocycles. The van der Waals surface area contributed by atoms with Crippen LogP contribution in [-0.2, 0) is 20.9 Å². The number of amides is 2. The molecule has 0 aliphatic carbocycles. The van der Waals surface area contributed by atoms with Gasteiger partial charge in [0.2, 0.25) is 6.79 Å². The Hall–Kier alpha value is -3.62. The van der Waals surface area contributed by atoms with Gasteiger partial charge in [0.25, 0.3) is 11.8 Å². The summed E-state index contributed by atoms with van der Waals surface area (Å²) in [7, 11) is 0. The first-order valence-corrected chi connectivity index (χ1v) is 10.8. The number of halogens is 1. The number of piperidine rings is 1. The summed E-state index contributed by atoms with van der Waals surface area (Å²) in [5.74, 6) is -0.856. The average Bonchev–Trinajstić information content (AvgIpc) is 3.30. The van der Waals surface area contributed by atoms with Gasteiger partial charge in [-0.05, 0) is 61.7 Å². The number of hydrogen-bond acceptors (Lipinski definition) is 6. The number of rotatable bonds is 6. The molecule has 2 unspecified atom stereocenters. The van der Waals surface area contributed by atoms with Gasteiger partial charge in [0.05, 0.1) is 5.92 Å². The van der Waals surface area contributed by atoms with Gasteiger partial charge in [-0.3, -0.25) is 14.4 Å². The minimum absolute atomic E-state index is 0.173. The van der Waals surface area contributed by atoms with Gasteiger partial charge in [-0.15, -0.1) is 0 Å². The maximum Gasteiger partial charge on any atom is 0.311 e. The molecular formula is C24H25FN2O6. The van der Waals surface area contributed by atoms with Crippen molar-refractivity contribution in [3.63, 3.8) is 0 Å². The third kappa shape index (κ3) is 5.42. The number of hydrogen-bond donors (Lipinski definition) is 1. The van der Waals surface area contributed by atoms with Crippen LogP contribution in [0.1, 0.15) is 35.7 Å². The van der Waals surface area contributed by atoms with E-state index in [0.29, 0.717) is 36.4 Å². The van der Waals surface area contributed by atoms with Gasteiger partial charge in [-0.25, -0.2) is 4.39 Å². The van der Waals surface area contributed by atoms with Gasteiger partial charge in [-0.2, -0.15) is 0 Å². The minimum Gasteiger partial charge on any atom is -0.454 e. The second-order valence-corrected chi connectivity index (χ2v) is 8.08. The summed E-state index contributed by atoms with van der Waals surface area (Å²) in [6.45, 7) is 2.64. The predicted molar refractivity (Wildman–Crippen MR) is 115 cm³/mol. The lowest BCUT2D eigenvalue weighted by atomic mass is 9.97. The number of benzene rings is 2. The van der Waals surface area contributed by atoms with Crippen molar-refractivity contribution < 1.29 is 33.0 Å². The third-order valence-corrected chi connectivity index (χ3v) is 5.70. The first-order valence-electron chi connectivity index (χ1n) is 10.8. The fourth-order valence-electron chi connectivity index (χ4n) is 3.84. The van der Waals surface area contributed by atoms with Gasteiger partial charge in [0.1, 0.15) is 5.82 Å². The van der Waals surface area contributed by atoms with Crippen molar-refractivity contribution in [1.29, 1.82) is 0 Å². The average molecular weight is 456 g/mol. The number of ether oxygens (including phenoxy) is 3. The summed E-state index contributed by atoms with van der Waals surface area (Å²) < 4.78 is 29.1. The Labute approximate surface area is 190 Å². The zero-order valence-corrected chi connectivity index (χ0v) is 18.2. The van der Waals surface area contributed by atoms with Crippen molar-refractivity contribution in [3.8, 4) is 11.5 Å². The van der Waals surface area contributed by atoms with Crippen LogP contribution in [0.4, 0.5) is 4.39 Å². The van der Waals surface area contributed by atoms with Gasteiger partial charge in [0, 0.05) is 25.2 Å². The maximum atomic E-state index is 13.1. The van der Waals surface area contributed by atoms with Crippen LogP contribution in [0.15, 0.2) is 42.5 Å². The van der Waals surface area contributed by atoms with E-state index in [1.807, 2.05) is 6.07 Å². The highest BCUT2D eigenvalue weighted by atomic mass is 19.1. The topological polar surface area (TPSA) is 94.2 Å². The van der Waals surface area contributed by atoms with E-state index in [0.717, 1.165) is 5.56 Å². The molecule has 0 spiro atoms. The van der Waals surface area contributed by atoms with Crippen LogP contribution in [0.2, 0.25) is 0 Å². The number of esters is 1. The predicted octanol–water partition coefficient (Wildman–Crippen LogP) is 2.65.